The van der Waals surface area contributed by atoms with Crippen LogP contribution in [0.1, 0.15) is 40.4 Å². The predicted octanol–water partition coefficient (Wildman–Crippen LogP) is 3.41. The van der Waals surface area contributed by atoms with Crippen molar-refractivity contribution in [2.45, 2.75) is 38.7 Å². The van der Waals surface area contributed by atoms with Crippen molar-refractivity contribution in [3.63, 3.8) is 0 Å². The molecule has 1 N–H and O–H groups in total. The molecule has 1 aliphatic rings. The second kappa shape index (κ2) is 5.25. The van der Waals surface area contributed by atoms with Crippen LogP contribution >= 0.6 is 0 Å². The summed E-state index contributed by atoms with van der Waals surface area (Å²) in [4.78, 5) is 4.68. The topological polar surface area (TPSA) is 37.5 Å². The van der Waals surface area contributed by atoms with Crippen LogP contribution in [0, 0.1) is 6.92 Å². The zero-order chi connectivity index (χ0) is 15.1. The van der Waals surface area contributed by atoms with E-state index in [-0.39, 0.29) is 6.61 Å². The molecule has 1 unspecified atom stereocenters. The van der Waals surface area contributed by atoms with E-state index < -0.39 is 0 Å². The number of aryl methyl sites for hydroxylation is 2. The third-order valence-corrected chi connectivity index (χ3v) is 4.90. The number of imidazole rings is 1. The Labute approximate surface area is 130 Å². The molecule has 4 rings (SSSR count). The molecule has 1 atom stereocenters. The molecule has 0 amide bonds. The number of fused-ring (bicyclic) bond motifs is 2. The minimum Gasteiger partial charge on any atom is -0.390 e. The standard InChI is InChI=1S/C19H20N2O/c1-13-18(12-22)21-10-4-6-16(19(21)20-13)11-15-9-8-14-5-2-3-7-17(14)15/h2-7,10,15,22H,8-9,11-12H2,1H3. The number of aromatic nitrogens is 2. The van der Waals surface area contributed by atoms with Gasteiger partial charge in [-0.3, -0.25) is 0 Å². The summed E-state index contributed by atoms with van der Waals surface area (Å²) in [5.41, 5.74) is 7.07. The first kappa shape index (κ1) is 13.5. The molecule has 1 aliphatic carbocycles. The first-order valence-corrected chi connectivity index (χ1v) is 7.92. The molecule has 3 aromatic rings. The van der Waals surface area contributed by atoms with Crippen molar-refractivity contribution in [3.8, 4) is 0 Å². The van der Waals surface area contributed by atoms with E-state index in [1.807, 2.05) is 17.5 Å². The Hall–Kier alpha value is -2.13. The lowest BCUT2D eigenvalue weighted by molar-refractivity contribution is 0.275. The summed E-state index contributed by atoms with van der Waals surface area (Å²) in [5.74, 6) is 0.581. The number of nitrogens with zero attached hydrogens (tertiary/aromatic N) is 2. The molecule has 22 heavy (non-hydrogen) atoms. The van der Waals surface area contributed by atoms with Crippen LogP contribution in [0.2, 0.25) is 0 Å². The number of pyridine rings is 1. The van der Waals surface area contributed by atoms with Gasteiger partial charge in [-0.05, 0) is 54.9 Å². The fourth-order valence-corrected chi connectivity index (χ4v) is 3.76. The maximum atomic E-state index is 9.55. The van der Waals surface area contributed by atoms with E-state index in [9.17, 15) is 5.11 Å². The third-order valence-electron chi connectivity index (χ3n) is 4.90. The second-order valence-corrected chi connectivity index (χ2v) is 6.17. The maximum absolute atomic E-state index is 9.55. The second-order valence-electron chi connectivity index (χ2n) is 6.17. The van der Waals surface area contributed by atoms with Gasteiger partial charge in [0.1, 0.15) is 5.65 Å². The average Bonchev–Trinajstić information content (AvgIpc) is 3.08. The lowest BCUT2D eigenvalue weighted by Crippen LogP contribution is -2.02. The van der Waals surface area contributed by atoms with Gasteiger partial charge in [0.15, 0.2) is 0 Å². The summed E-state index contributed by atoms with van der Waals surface area (Å²) in [5, 5.41) is 9.55. The van der Waals surface area contributed by atoms with Crippen LogP contribution in [0.3, 0.4) is 0 Å². The molecular formula is C19H20N2O. The van der Waals surface area contributed by atoms with E-state index >= 15 is 0 Å². The van der Waals surface area contributed by atoms with Gasteiger partial charge >= 0.3 is 0 Å². The van der Waals surface area contributed by atoms with Crippen LogP contribution in [0.15, 0.2) is 42.6 Å². The molecule has 0 spiro atoms. The van der Waals surface area contributed by atoms with Gasteiger partial charge in [-0.2, -0.15) is 0 Å². The summed E-state index contributed by atoms with van der Waals surface area (Å²) in [6, 6.07) is 13.0. The van der Waals surface area contributed by atoms with Gasteiger partial charge in [-0.25, -0.2) is 4.98 Å². The van der Waals surface area contributed by atoms with E-state index in [0.29, 0.717) is 5.92 Å². The zero-order valence-corrected chi connectivity index (χ0v) is 12.8. The molecule has 2 heterocycles. The van der Waals surface area contributed by atoms with Crippen molar-refractivity contribution in [2.75, 3.05) is 0 Å². The molecule has 0 saturated heterocycles. The van der Waals surface area contributed by atoms with E-state index in [0.717, 1.165) is 23.5 Å². The number of benzene rings is 1. The number of aliphatic hydroxyl groups is 1. The van der Waals surface area contributed by atoms with Crippen molar-refractivity contribution < 1.29 is 5.11 Å². The van der Waals surface area contributed by atoms with Crippen LogP contribution < -0.4 is 0 Å². The van der Waals surface area contributed by atoms with Crippen LogP contribution in [-0.2, 0) is 19.4 Å². The minimum atomic E-state index is 0.0305. The van der Waals surface area contributed by atoms with Crippen molar-refractivity contribution in [1.29, 1.82) is 0 Å². The highest BCUT2D eigenvalue weighted by atomic mass is 16.3. The molecule has 112 valence electrons. The molecule has 0 aliphatic heterocycles. The molecule has 0 saturated carbocycles. The Bertz CT molecular complexity index is 835. The Morgan fingerprint density at radius 1 is 1.23 bits per heavy atom. The Kier molecular flexibility index (Phi) is 3.23. The SMILES string of the molecule is Cc1nc2c(CC3CCc4ccccc43)cccn2c1CO. The summed E-state index contributed by atoms with van der Waals surface area (Å²) < 4.78 is 2.03. The quantitative estimate of drug-likeness (QED) is 0.803. The molecule has 2 aromatic heterocycles. The van der Waals surface area contributed by atoms with E-state index in [2.05, 4.69) is 41.4 Å². The monoisotopic (exact) mass is 292 g/mol. The normalized spacial score (nSPS) is 17.1. The number of hydrogen-bond donors (Lipinski definition) is 1. The number of rotatable bonds is 3. The van der Waals surface area contributed by atoms with Crippen molar-refractivity contribution in [1.82, 2.24) is 9.38 Å². The highest BCUT2D eigenvalue weighted by molar-refractivity contribution is 5.52. The lowest BCUT2D eigenvalue weighted by Gasteiger charge is -2.12. The zero-order valence-electron chi connectivity index (χ0n) is 12.8. The molecule has 0 fully saturated rings. The van der Waals surface area contributed by atoms with Gasteiger partial charge in [-0.1, -0.05) is 30.3 Å². The largest absolute Gasteiger partial charge is 0.390 e. The van der Waals surface area contributed by atoms with Crippen LogP contribution in [0.5, 0.6) is 0 Å². The van der Waals surface area contributed by atoms with E-state index in [1.165, 1.54) is 29.5 Å². The molecule has 3 nitrogen and oxygen atoms in total. The highest BCUT2D eigenvalue weighted by Gasteiger charge is 2.23. The number of aliphatic hydroxyl groups excluding tert-OH is 1. The van der Waals surface area contributed by atoms with Gasteiger partial charge < -0.3 is 9.51 Å². The smallest absolute Gasteiger partial charge is 0.140 e. The Morgan fingerprint density at radius 2 is 2.09 bits per heavy atom. The number of hydrogen-bond acceptors (Lipinski definition) is 2. The van der Waals surface area contributed by atoms with E-state index in [4.69, 9.17) is 0 Å². The Morgan fingerprint density at radius 3 is 2.95 bits per heavy atom. The van der Waals surface area contributed by atoms with Crippen LogP contribution in [0.25, 0.3) is 5.65 Å². The van der Waals surface area contributed by atoms with Crippen LogP contribution in [-0.4, -0.2) is 14.5 Å². The molecular weight excluding hydrogens is 272 g/mol. The van der Waals surface area contributed by atoms with Crippen LogP contribution in [0.4, 0.5) is 0 Å². The summed E-state index contributed by atoms with van der Waals surface area (Å²) >= 11 is 0. The van der Waals surface area contributed by atoms with Gasteiger partial charge in [-0.15, -0.1) is 0 Å². The highest BCUT2D eigenvalue weighted by Crippen LogP contribution is 2.36. The Balaban J connectivity index is 1.74. The predicted molar refractivity (Wildman–Crippen MR) is 87.1 cm³/mol. The van der Waals surface area contributed by atoms with Gasteiger partial charge in [0.05, 0.1) is 18.0 Å². The van der Waals surface area contributed by atoms with Crippen molar-refractivity contribution >= 4 is 5.65 Å². The fourth-order valence-electron chi connectivity index (χ4n) is 3.76. The molecule has 1 aromatic carbocycles. The molecule has 0 radical (unpaired) electrons. The first-order valence-electron chi connectivity index (χ1n) is 7.92. The molecule has 3 heteroatoms. The maximum Gasteiger partial charge on any atom is 0.140 e. The molecule has 0 bridgehead atoms. The summed E-state index contributed by atoms with van der Waals surface area (Å²) in [7, 11) is 0. The third kappa shape index (κ3) is 2.04. The lowest BCUT2D eigenvalue weighted by atomic mass is 9.94. The van der Waals surface area contributed by atoms with E-state index in [1.54, 1.807) is 0 Å². The van der Waals surface area contributed by atoms with Gasteiger partial charge in [0.25, 0.3) is 0 Å². The average molecular weight is 292 g/mol. The summed E-state index contributed by atoms with van der Waals surface area (Å²) in [6.07, 6.45) is 5.40. The summed E-state index contributed by atoms with van der Waals surface area (Å²) in [6.45, 7) is 2.00. The first-order chi connectivity index (χ1) is 10.8. The van der Waals surface area contributed by atoms with Crippen molar-refractivity contribution in [2.24, 2.45) is 0 Å². The van der Waals surface area contributed by atoms with Crippen molar-refractivity contribution in [3.05, 3.63) is 70.7 Å². The van der Waals surface area contributed by atoms with Gasteiger partial charge in [0, 0.05) is 6.20 Å². The fraction of sp³-hybridized carbons (Fsp3) is 0.316. The van der Waals surface area contributed by atoms with Gasteiger partial charge in [0.2, 0.25) is 0 Å². The minimum absolute atomic E-state index is 0.0305.